The van der Waals surface area contributed by atoms with Gasteiger partial charge in [0.1, 0.15) is 0 Å². The molecule has 1 aromatic carbocycles. The van der Waals surface area contributed by atoms with Crippen LogP contribution in [0.3, 0.4) is 0 Å². The van der Waals surface area contributed by atoms with Gasteiger partial charge < -0.3 is 15.5 Å². The smallest absolute Gasteiger partial charge is 0.0994 e. The van der Waals surface area contributed by atoms with E-state index in [0.717, 1.165) is 36.8 Å². The van der Waals surface area contributed by atoms with E-state index in [1.165, 1.54) is 0 Å². The van der Waals surface area contributed by atoms with Gasteiger partial charge in [-0.3, -0.25) is 0 Å². The SMILES string of the molecule is Cc1ccccc1[C@](C)(O)CNC1CCC(O)CC1. The van der Waals surface area contributed by atoms with E-state index in [0.29, 0.717) is 12.6 Å². The van der Waals surface area contributed by atoms with Crippen LogP contribution in [-0.4, -0.2) is 28.9 Å². The highest BCUT2D eigenvalue weighted by Gasteiger charge is 2.27. The van der Waals surface area contributed by atoms with Gasteiger partial charge in [-0.25, -0.2) is 0 Å². The standard InChI is InChI=1S/C16H25NO2/c1-12-5-3-4-6-15(12)16(2,19)11-17-13-7-9-14(18)10-8-13/h3-6,13-14,17-19H,7-11H2,1-2H3/t13?,14?,16-/m1/s1. The Morgan fingerprint density at radius 1 is 1.21 bits per heavy atom. The maximum Gasteiger partial charge on any atom is 0.0994 e. The summed E-state index contributed by atoms with van der Waals surface area (Å²) in [4.78, 5) is 0. The Labute approximate surface area is 115 Å². The molecule has 1 atom stereocenters. The molecule has 1 aromatic rings. The van der Waals surface area contributed by atoms with Gasteiger partial charge >= 0.3 is 0 Å². The minimum absolute atomic E-state index is 0.130. The van der Waals surface area contributed by atoms with Crippen molar-refractivity contribution in [3.8, 4) is 0 Å². The van der Waals surface area contributed by atoms with Gasteiger partial charge in [0, 0.05) is 12.6 Å². The molecule has 0 unspecified atom stereocenters. The fourth-order valence-corrected chi connectivity index (χ4v) is 2.90. The van der Waals surface area contributed by atoms with Gasteiger partial charge in [0.15, 0.2) is 0 Å². The lowest BCUT2D eigenvalue weighted by Gasteiger charge is -2.31. The van der Waals surface area contributed by atoms with Crippen molar-refractivity contribution in [2.45, 2.75) is 57.3 Å². The zero-order valence-corrected chi connectivity index (χ0v) is 11.9. The summed E-state index contributed by atoms with van der Waals surface area (Å²) < 4.78 is 0. The first-order valence-electron chi connectivity index (χ1n) is 7.19. The second-order valence-corrected chi connectivity index (χ2v) is 5.98. The van der Waals surface area contributed by atoms with Crippen LogP contribution in [0.2, 0.25) is 0 Å². The summed E-state index contributed by atoms with van der Waals surface area (Å²) in [5.74, 6) is 0. The third-order valence-corrected chi connectivity index (χ3v) is 4.16. The number of hydrogen-bond acceptors (Lipinski definition) is 3. The van der Waals surface area contributed by atoms with Crippen LogP contribution in [0.15, 0.2) is 24.3 Å². The second-order valence-electron chi connectivity index (χ2n) is 5.98. The van der Waals surface area contributed by atoms with Crippen molar-refractivity contribution in [2.75, 3.05) is 6.54 Å². The van der Waals surface area contributed by atoms with E-state index in [1.54, 1.807) is 0 Å². The zero-order chi connectivity index (χ0) is 13.9. The average Bonchev–Trinajstić information content (AvgIpc) is 2.38. The number of nitrogens with one attached hydrogen (secondary N) is 1. The molecule has 0 amide bonds. The Balaban J connectivity index is 1.93. The van der Waals surface area contributed by atoms with E-state index in [9.17, 15) is 10.2 Å². The van der Waals surface area contributed by atoms with Crippen LogP contribution in [-0.2, 0) is 5.60 Å². The molecule has 1 fully saturated rings. The summed E-state index contributed by atoms with van der Waals surface area (Å²) in [7, 11) is 0. The fraction of sp³-hybridized carbons (Fsp3) is 0.625. The molecule has 0 spiro atoms. The molecule has 3 nitrogen and oxygen atoms in total. The quantitative estimate of drug-likeness (QED) is 0.779. The molecular weight excluding hydrogens is 238 g/mol. The minimum Gasteiger partial charge on any atom is -0.393 e. The van der Waals surface area contributed by atoms with Crippen LogP contribution in [0.5, 0.6) is 0 Å². The van der Waals surface area contributed by atoms with Crippen molar-refractivity contribution >= 4 is 0 Å². The molecule has 0 heterocycles. The van der Waals surface area contributed by atoms with Crippen LogP contribution in [0.1, 0.15) is 43.7 Å². The molecule has 1 aliphatic carbocycles. The van der Waals surface area contributed by atoms with Gasteiger partial charge in [-0.15, -0.1) is 0 Å². The maximum absolute atomic E-state index is 10.6. The highest BCUT2D eigenvalue weighted by atomic mass is 16.3. The van der Waals surface area contributed by atoms with Gasteiger partial charge in [-0.2, -0.15) is 0 Å². The Kier molecular flexibility index (Phi) is 4.61. The molecule has 106 valence electrons. The second kappa shape index (κ2) is 6.04. The lowest BCUT2D eigenvalue weighted by Crippen LogP contribution is -2.43. The lowest BCUT2D eigenvalue weighted by molar-refractivity contribution is 0.0474. The normalized spacial score (nSPS) is 26.9. The molecule has 19 heavy (non-hydrogen) atoms. The molecule has 0 saturated heterocycles. The molecular formula is C16H25NO2. The first kappa shape index (κ1) is 14.5. The van der Waals surface area contributed by atoms with Gasteiger partial charge in [-0.1, -0.05) is 24.3 Å². The molecule has 0 aromatic heterocycles. The van der Waals surface area contributed by atoms with Crippen LogP contribution in [0.4, 0.5) is 0 Å². The molecule has 3 N–H and O–H groups in total. The number of benzene rings is 1. The number of rotatable bonds is 4. The van der Waals surface area contributed by atoms with E-state index < -0.39 is 5.60 Å². The first-order chi connectivity index (χ1) is 8.99. The van der Waals surface area contributed by atoms with Gasteiger partial charge in [0.25, 0.3) is 0 Å². The Hall–Kier alpha value is -0.900. The predicted octanol–water partition coefficient (Wildman–Crippen LogP) is 2.10. The fourth-order valence-electron chi connectivity index (χ4n) is 2.90. The van der Waals surface area contributed by atoms with Crippen LogP contribution >= 0.6 is 0 Å². The summed E-state index contributed by atoms with van der Waals surface area (Å²) in [5, 5.41) is 23.6. The summed E-state index contributed by atoms with van der Waals surface area (Å²) in [6.07, 6.45) is 3.58. The first-order valence-corrected chi connectivity index (χ1v) is 7.19. The van der Waals surface area contributed by atoms with Crippen molar-refractivity contribution in [3.05, 3.63) is 35.4 Å². The third-order valence-electron chi connectivity index (χ3n) is 4.16. The highest BCUT2D eigenvalue weighted by molar-refractivity contribution is 5.31. The molecule has 3 heteroatoms. The molecule has 2 rings (SSSR count). The minimum atomic E-state index is -0.846. The van der Waals surface area contributed by atoms with Crippen molar-refractivity contribution in [1.82, 2.24) is 5.32 Å². The number of aliphatic hydroxyl groups excluding tert-OH is 1. The van der Waals surface area contributed by atoms with Crippen LogP contribution in [0, 0.1) is 6.92 Å². The largest absolute Gasteiger partial charge is 0.393 e. The lowest BCUT2D eigenvalue weighted by atomic mass is 9.89. The molecule has 0 radical (unpaired) electrons. The number of aliphatic hydroxyl groups is 2. The monoisotopic (exact) mass is 263 g/mol. The van der Waals surface area contributed by atoms with Gasteiger partial charge in [0.05, 0.1) is 11.7 Å². The molecule has 0 bridgehead atoms. The van der Waals surface area contributed by atoms with Gasteiger partial charge in [-0.05, 0) is 50.7 Å². The summed E-state index contributed by atoms with van der Waals surface area (Å²) in [6, 6.07) is 8.39. The van der Waals surface area contributed by atoms with E-state index in [1.807, 2.05) is 38.1 Å². The van der Waals surface area contributed by atoms with Crippen molar-refractivity contribution in [2.24, 2.45) is 0 Å². The average molecular weight is 263 g/mol. The topological polar surface area (TPSA) is 52.5 Å². The maximum atomic E-state index is 10.6. The van der Waals surface area contributed by atoms with Crippen molar-refractivity contribution < 1.29 is 10.2 Å². The van der Waals surface area contributed by atoms with Crippen LogP contribution < -0.4 is 5.32 Å². The summed E-state index contributed by atoms with van der Waals surface area (Å²) >= 11 is 0. The van der Waals surface area contributed by atoms with Crippen LogP contribution in [0.25, 0.3) is 0 Å². The van der Waals surface area contributed by atoms with Crippen molar-refractivity contribution in [3.63, 3.8) is 0 Å². The Bertz CT molecular complexity index is 409. The predicted molar refractivity (Wildman–Crippen MR) is 77.0 cm³/mol. The summed E-state index contributed by atoms with van der Waals surface area (Å²) in [6.45, 7) is 4.44. The number of aryl methyl sites for hydroxylation is 1. The van der Waals surface area contributed by atoms with Gasteiger partial charge in [0.2, 0.25) is 0 Å². The Morgan fingerprint density at radius 2 is 1.84 bits per heavy atom. The van der Waals surface area contributed by atoms with E-state index in [-0.39, 0.29) is 6.10 Å². The van der Waals surface area contributed by atoms with E-state index >= 15 is 0 Å². The Morgan fingerprint density at radius 3 is 2.47 bits per heavy atom. The van der Waals surface area contributed by atoms with E-state index in [4.69, 9.17) is 0 Å². The van der Waals surface area contributed by atoms with E-state index in [2.05, 4.69) is 5.32 Å². The van der Waals surface area contributed by atoms with Crippen molar-refractivity contribution in [1.29, 1.82) is 0 Å². The molecule has 0 aliphatic heterocycles. The zero-order valence-electron chi connectivity index (χ0n) is 11.9. The molecule has 1 saturated carbocycles. The number of hydrogen-bond donors (Lipinski definition) is 3. The summed E-state index contributed by atoms with van der Waals surface area (Å²) in [5.41, 5.74) is 1.26. The highest BCUT2D eigenvalue weighted by Crippen LogP contribution is 2.24. The molecule has 1 aliphatic rings. The third kappa shape index (κ3) is 3.78.